The lowest BCUT2D eigenvalue weighted by atomic mass is 10.1. The molecule has 1 fully saturated rings. The third-order valence-electron chi connectivity index (χ3n) is 8.77. The largest absolute Gasteiger partial charge is 0.497 e. The van der Waals surface area contributed by atoms with Crippen molar-refractivity contribution in [3.05, 3.63) is 101 Å². The molecule has 1 unspecified atom stereocenters. The lowest BCUT2D eigenvalue weighted by Crippen LogP contribution is -2.57. The summed E-state index contributed by atoms with van der Waals surface area (Å²) < 4.78 is 32.8. The van der Waals surface area contributed by atoms with Crippen molar-refractivity contribution in [1.82, 2.24) is 19.1 Å². The number of ether oxygens (including phenoxy) is 3. The van der Waals surface area contributed by atoms with Crippen molar-refractivity contribution in [2.24, 2.45) is 0 Å². The molecular weight excluding hydrogens is 677 g/mol. The van der Waals surface area contributed by atoms with E-state index in [1.165, 1.54) is 69.7 Å². The molecule has 3 heterocycles. The van der Waals surface area contributed by atoms with Gasteiger partial charge in [-0.15, -0.1) is 0 Å². The van der Waals surface area contributed by atoms with Gasteiger partial charge in [-0.1, -0.05) is 12.1 Å². The molecule has 0 spiro atoms. The Kier molecular flexibility index (Phi) is 10.3. The number of urea groups is 1. The van der Waals surface area contributed by atoms with Gasteiger partial charge in [0.2, 0.25) is 0 Å². The van der Waals surface area contributed by atoms with Crippen molar-refractivity contribution in [1.29, 1.82) is 0 Å². The Morgan fingerprint density at radius 3 is 2.31 bits per heavy atom. The van der Waals surface area contributed by atoms with Crippen molar-refractivity contribution in [2.45, 2.75) is 19.5 Å². The summed E-state index contributed by atoms with van der Waals surface area (Å²) in [7, 11) is 2.97. The number of fused-ring (bicyclic) bond motifs is 1. The van der Waals surface area contributed by atoms with Gasteiger partial charge in [0, 0.05) is 37.0 Å². The Balaban J connectivity index is 1.32. The molecule has 0 aliphatic carbocycles. The zero-order chi connectivity index (χ0) is 36.9. The van der Waals surface area contributed by atoms with Crippen LogP contribution >= 0.6 is 0 Å². The van der Waals surface area contributed by atoms with Crippen LogP contribution in [-0.4, -0.2) is 88.5 Å². The number of hydrogen-bond acceptors (Lipinski definition) is 10. The lowest BCUT2D eigenvalue weighted by Gasteiger charge is -2.39. The van der Waals surface area contributed by atoms with Gasteiger partial charge in [-0.25, -0.2) is 23.6 Å². The van der Waals surface area contributed by atoms with Crippen molar-refractivity contribution in [3.63, 3.8) is 0 Å². The molecule has 1 aliphatic rings. The van der Waals surface area contributed by atoms with E-state index in [-0.39, 0.29) is 62.5 Å². The molecule has 16 heteroatoms. The molecule has 2 aromatic heterocycles. The fraction of sp³-hybridized carbons (Fsp3) is 0.278. The molecule has 0 bridgehead atoms. The number of para-hydroxylation sites is 1. The summed E-state index contributed by atoms with van der Waals surface area (Å²) in [5, 5.41) is 24.7. The number of nitrogens with zero attached hydrogens (tertiary/aromatic N) is 6. The van der Waals surface area contributed by atoms with E-state index in [1.54, 1.807) is 54.4 Å². The Bertz CT molecular complexity index is 2110. The summed E-state index contributed by atoms with van der Waals surface area (Å²) >= 11 is 0. The van der Waals surface area contributed by atoms with E-state index in [1.807, 2.05) is 0 Å². The highest BCUT2D eigenvalue weighted by Gasteiger charge is 2.33. The van der Waals surface area contributed by atoms with Gasteiger partial charge in [-0.2, -0.15) is 0 Å². The van der Waals surface area contributed by atoms with E-state index in [4.69, 9.17) is 19.2 Å². The third-order valence-corrected chi connectivity index (χ3v) is 8.77. The number of carbonyl (C=O) groups excluding carboxylic acids is 2. The topological polar surface area (TPSA) is 164 Å². The first-order chi connectivity index (χ1) is 25.1. The molecule has 0 radical (unpaired) electrons. The Morgan fingerprint density at radius 1 is 0.942 bits per heavy atom. The van der Waals surface area contributed by atoms with Gasteiger partial charge in [-0.05, 0) is 55.5 Å². The SMILES string of the molecule is COc1ccc(N(C(=O)Nc2ccc(F)cc2)C(C)c2nc3ccccc3c(=O)n2N2CCN(C(=O)OCCn3c(O)ccc3O)CC2)c(OC)c1. The molecule has 5 aromatic rings. The maximum absolute atomic E-state index is 14.3. The zero-order valence-corrected chi connectivity index (χ0v) is 28.7. The van der Waals surface area contributed by atoms with E-state index in [9.17, 15) is 29.0 Å². The fourth-order valence-corrected chi connectivity index (χ4v) is 6.06. The number of aromatic nitrogens is 3. The van der Waals surface area contributed by atoms with Crippen LogP contribution in [0.1, 0.15) is 18.8 Å². The molecule has 272 valence electrons. The molecule has 3 N–H and O–H groups in total. The summed E-state index contributed by atoms with van der Waals surface area (Å²) in [6.45, 7) is 2.55. The highest BCUT2D eigenvalue weighted by molar-refractivity contribution is 6.03. The average Bonchev–Trinajstić information content (AvgIpc) is 3.48. The maximum Gasteiger partial charge on any atom is 0.409 e. The second kappa shape index (κ2) is 15.2. The summed E-state index contributed by atoms with van der Waals surface area (Å²) in [4.78, 5) is 49.2. The molecule has 1 atom stereocenters. The number of carbonyl (C=O) groups is 2. The molecule has 3 aromatic carbocycles. The molecule has 1 aliphatic heterocycles. The monoisotopic (exact) mass is 715 g/mol. The van der Waals surface area contributed by atoms with Gasteiger partial charge in [0.15, 0.2) is 17.6 Å². The highest BCUT2D eigenvalue weighted by Crippen LogP contribution is 2.37. The normalized spacial score (nSPS) is 13.5. The number of aromatic hydroxyl groups is 2. The fourth-order valence-electron chi connectivity index (χ4n) is 6.06. The van der Waals surface area contributed by atoms with Crippen LogP contribution in [0.25, 0.3) is 10.9 Å². The van der Waals surface area contributed by atoms with Crippen LogP contribution in [0.15, 0.2) is 83.7 Å². The predicted molar refractivity (Wildman–Crippen MR) is 190 cm³/mol. The van der Waals surface area contributed by atoms with E-state index in [0.29, 0.717) is 33.8 Å². The van der Waals surface area contributed by atoms with Gasteiger partial charge in [0.05, 0.1) is 56.5 Å². The molecule has 6 rings (SSSR count). The number of nitrogens with one attached hydrogen (secondary N) is 1. The molecule has 3 amide bonds. The van der Waals surface area contributed by atoms with E-state index in [0.717, 1.165) is 0 Å². The molecule has 52 heavy (non-hydrogen) atoms. The second-order valence-corrected chi connectivity index (χ2v) is 11.9. The van der Waals surface area contributed by atoms with Crippen LogP contribution in [-0.2, 0) is 11.3 Å². The van der Waals surface area contributed by atoms with Crippen LogP contribution in [0.2, 0.25) is 0 Å². The van der Waals surface area contributed by atoms with Crippen molar-refractivity contribution in [3.8, 4) is 23.3 Å². The van der Waals surface area contributed by atoms with Gasteiger partial charge in [-0.3, -0.25) is 14.3 Å². The highest BCUT2D eigenvalue weighted by atomic mass is 19.1. The van der Waals surface area contributed by atoms with Gasteiger partial charge < -0.3 is 39.6 Å². The number of piperazine rings is 1. The standard InChI is InChI=1S/C36H38FN7O8/c1-23(43(29-13-12-26(50-2)22-30(29)51-3)35(48)38-25-10-8-24(37)9-11-25)33-39-28-7-5-4-6-27(28)34(47)44(33)41-18-16-40(17-19-41)36(49)52-21-20-42-31(45)14-15-32(42)46/h4-15,22-23,45-46H,16-21H2,1-3H3,(H,38,48). The first kappa shape index (κ1) is 35.4. The lowest BCUT2D eigenvalue weighted by molar-refractivity contribution is 0.0935. The van der Waals surface area contributed by atoms with Gasteiger partial charge >= 0.3 is 12.1 Å². The van der Waals surface area contributed by atoms with E-state index in [2.05, 4.69) is 5.32 Å². The maximum atomic E-state index is 14.3. The minimum atomic E-state index is -0.899. The quantitative estimate of drug-likeness (QED) is 0.185. The number of rotatable bonds is 10. The summed E-state index contributed by atoms with van der Waals surface area (Å²) in [5.41, 5.74) is 0.743. The molecule has 0 saturated carbocycles. The Labute approximate surface area is 297 Å². The van der Waals surface area contributed by atoms with Crippen LogP contribution in [0.3, 0.4) is 0 Å². The third kappa shape index (κ3) is 7.21. The zero-order valence-electron chi connectivity index (χ0n) is 28.7. The molecule has 15 nitrogen and oxygen atoms in total. The summed E-state index contributed by atoms with van der Waals surface area (Å²) in [5.74, 6) is 0.264. The Morgan fingerprint density at radius 2 is 1.63 bits per heavy atom. The predicted octanol–water partition coefficient (Wildman–Crippen LogP) is 4.66. The Hall–Kier alpha value is -6.45. The number of hydrogen-bond donors (Lipinski definition) is 3. The van der Waals surface area contributed by atoms with Crippen LogP contribution in [0.4, 0.5) is 25.4 Å². The van der Waals surface area contributed by atoms with Crippen molar-refractivity contribution in [2.75, 3.05) is 62.2 Å². The first-order valence-electron chi connectivity index (χ1n) is 16.4. The minimum Gasteiger partial charge on any atom is -0.497 e. The number of amides is 3. The van der Waals surface area contributed by atoms with Crippen LogP contribution < -0.4 is 30.3 Å². The summed E-state index contributed by atoms with van der Waals surface area (Å²) in [6.07, 6.45) is -0.585. The first-order valence-corrected chi connectivity index (χ1v) is 16.4. The number of benzene rings is 3. The average molecular weight is 716 g/mol. The van der Waals surface area contributed by atoms with Gasteiger partial charge in [0.1, 0.15) is 23.9 Å². The van der Waals surface area contributed by atoms with E-state index >= 15 is 0 Å². The summed E-state index contributed by atoms with van der Waals surface area (Å²) in [6, 6.07) is 18.3. The molecule has 1 saturated heterocycles. The second-order valence-electron chi connectivity index (χ2n) is 11.9. The number of halogens is 1. The van der Waals surface area contributed by atoms with Crippen molar-refractivity contribution >= 4 is 34.4 Å². The van der Waals surface area contributed by atoms with Crippen molar-refractivity contribution < 1.29 is 38.4 Å². The number of anilines is 2. The minimum absolute atomic E-state index is 0.0555. The number of methoxy groups -OCH3 is 2. The van der Waals surface area contributed by atoms with Crippen LogP contribution in [0, 0.1) is 5.82 Å². The van der Waals surface area contributed by atoms with E-state index < -0.39 is 24.0 Å². The molecular formula is C36H38FN7O8. The van der Waals surface area contributed by atoms with Crippen LogP contribution in [0.5, 0.6) is 23.3 Å². The van der Waals surface area contributed by atoms with Gasteiger partial charge in [0.25, 0.3) is 5.56 Å². The smallest absolute Gasteiger partial charge is 0.409 e.